The Morgan fingerprint density at radius 2 is 1.60 bits per heavy atom. The van der Waals surface area contributed by atoms with Crippen LogP contribution in [0, 0.1) is 0 Å². The van der Waals surface area contributed by atoms with Crippen molar-refractivity contribution in [1.29, 1.82) is 0 Å². The summed E-state index contributed by atoms with van der Waals surface area (Å²) >= 11 is 0. The molecule has 0 amide bonds. The molecule has 1 aliphatic rings. The minimum absolute atomic E-state index is 0.295. The van der Waals surface area contributed by atoms with Crippen LogP contribution < -0.4 is 0 Å². The van der Waals surface area contributed by atoms with Gasteiger partial charge in [0.15, 0.2) is 0 Å². The molecule has 10 heavy (non-hydrogen) atoms. The van der Waals surface area contributed by atoms with Gasteiger partial charge in [-0.15, -0.1) is 0 Å². The normalized spacial score (nSPS) is 25.8. The maximum absolute atomic E-state index is 9.86. The van der Waals surface area contributed by atoms with Crippen LogP contribution in [0.2, 0.25) is 0 Å². The van der Waals surface area contributed by atoms with Crippen LogP contribution in [0.4, 0.5) is 0 Å². The molecule has 1 heteroatoms. The van der Waals surface area contributed by atoms with Gasteiger partial charge >= 0.3 is 0 Å². The van der Waals surface area contributed by atoms with E-state index in [0.29, 0.717) is 0 Å². The molecule has 0 bridgehead atoms. The van der Waals surface area contributed by atoms with Crippen LogP contribution in [0.1, 0.15) is 51.9 Å². The standard InChI is InChI=1S/C9H18O/c1-2-9(10)7-5-3-4-6-8-9/h10H,2-8H2,1H3. The summed E-state index contributed by atoms with van der Waals surface area (Å²) in [6.07, 6.45) is 8.10. The van der Waals surface area contributed by atoms with Gasteiger partial charge in [0.05, 0.1) is 5.60 Å². The van der Waals surface area contributed by atoms with Gasteiger partial charge < -0.3 is 5.11 Å². The minimum Gasteiger partial charge on any atom is -0.390 e. The lowest BCUT2D eigenvalue weighted by Gasteiger charge is -2.24. The molecule has 1 rings (SSSR count). The Kier molecular flexibility index (Phi) is 2.72. The molecule has 1 fully saturated rings. The first-order valence-electron chi connectivity index (χ1n) is 4.49. The predicted octanol–water partition coefficient (Wildman–Crippen LogP) is 2.48. The van der Waals surface area contributed by atoms with Crippen LogP contribution >= 0.6 is 0 Å². The molecular weight excluding hydrogens is 124 g/mol. The van der Waals surface area contributed by atoms with Crippen LogP contribution in [0.5, 0.6) is 0 Å². The number of rotatable bonds is 1. The summed E-state index contributed by atoms with van der Waals surface area (Å²) in [6, 6.07) is 0. The highest BCUT2D eigenvalue weighted by molar-refractivity contribution is 4.78. The third kappa shape index (κ3) is 1.98. The van der Waals surface area contributed by atoms with Crippen molar-refractivity contribution in [2.75, 3.05) is 0 Å². The average molecular weight is 142 g/mol. The van der Waals surface area contributed by atoms with E-state index in [-0.39, 0.29) is 5.60 Å². The Labute approximate surface area is 63.4 Å². The van der Waals surface area contributed by atoms with Crippen molar-refractivity contribution in [3.05, 3.63) is 0 Å². The molecule has 0 aliphatic heterocycles. The average Bonchev–Trinajstić information content (AvgIpc) is 2.15. The van der Waals surface area contributed by atoms with Gasteiger partial charge in [-0.2, -0.15) is 0 Å². The van der Waals surface area contributed by atoms with Crippen LogP contribution in [-0.4, -0.2) is 10.7 Å². The van der Waals surface area contributed by atoms with E-state index in [9.17, 15) is 5.11 Å². The Bertz CT molecular complexity index is 90.9. The van der Waals surface area contributed by atoms with Gasteiger partial charge in [0.1, 0.15) is 0 Å². The molecule has 0 atom stereocenters. The Morgan fingerprint density at radius 1 is 1.10 bits per heavy atom. The van der Waals surface area contributed by atoms with Gasteiger partial charge in [0, 0.05) is 0 Å². The molecule has 0 spiro atoms. The Balaban J connectivity index is 2.41. The molecule has 0 aromatic carbocycles. The lowest BCUT2D eigenvalue weighted by atomic mass is 9.92. The highest BCUT2D eigenvalue weighted by atomic mass is 16.3. The summed E-state index contributed by atoms with van der Waals surface area (Å²) in [5.74, 6) is 0. The largest absolute Gasteiger partial charge is 0.390 e. The molecule has 1 nitrogen and oxygen atoms in total. The van der Waals surface area contributed by atoms with Gasteiger partial charge in [-0.05, 0) is 19.3 Å². The molecule has 0 saturated heterocycles. The van der Waals surface area contributed by atoms with Gasteiger partial charge in [0.2, 0.25) is 0 Å². The molecule has 0 aromatic rings. The van der Waals surface area contributed by atoms with E-state index in [1.165, 1.54) is 25.7 Å². The molecule has 1 saturated carbocycles. The number of aliphatic hydroxyl groups is 1. The van der Waals surface area contributed by atoms with Gasteiger partial charge in [-0.25, -0.2) is 0 Å². The van der Waals surface area contributed by atoms with Crippen molar-refractivity contribution < 1.29 is 5.11 Å². The lowest BCUT2D eigenvalue weighted by molar-refractivity contribution is 0.0212. The molecule has 1 aliphatic carbocycles. The Hall–Kier alpha value is -0.0400. The van der Waals surface area contributed by atoms with Gasteiger partial charge in [0.25, 0.3) is 0 Å². The third-order valence-electron chi connectivity index (χ3n) is 2.69. The molecule has 0 unspecified atom stereocenters. The van der Waals surface area contributed by atoms with Crippen molar-refractivity contribution in [2.24, 2.45) is 0 Å². The summed E-state index contributed by atoms with van der Waals surface area (Å²) in [5, 5.41) is 9.86. The van der Waals surface area contributed by atoms with Crippen molar-refractivity contribution in [3.8, 4) is 0 Å². The fourth-order valence-electron chi connectivity index (χ4n) is 1.74. The summed E-state index contributed by atoms with van der Waals surface area (Å²) in [7, 11) is 0. The van der Waals surface area contributed by atoms with E-state index >= 15 is 0 Å². The quantitative estimate of drug-likeness (QED) is 0.558. The van der Waals surface area contributed by atoms with Gasteiger partial charge in [-0.3, -0.25) is 0 Å². The molecule has 60 valence electrons. The zero-order valence-corrected chi connectivity index (χ0v) is 6.90. The maximum Gasteiger partial charge on any atom is 0.0645 e. The molecule has 0 aromatic heterocycles. The first kappa shape index (κ1) is 8.06. The summed E-state index contributed by atoms with van der Waals surface area (Å²) in [6.45, 7) is 2.09. The molecule has 1 N–H and O–H groups in total. The second-order valence-corrected chi connectivity index (χ2v) is 3.49. The Morgan fingerprint density at radius 3 is 2.00 bits per heavy atom. The van der Waals surface area contributed by atoms with Crippen LogP contribution in [0.15, 0.2) is 0 Å². The number of hydrogen-bond donors (Lipinski definition) is 1. The molecular formula is C9H18O. The van der Waals surface area contributed by atoms with E-state index in [1.54, 1.807) is 0 Å². The first-order chi connectivity index (χ1) is 4.77. The SMILES string of the molecule is CCC1(O)CCCCCC1. The molecule has 0 radical (unpaired) electrons. The zero-order chi connectivity index (χ0) is 7.45. The fourth-order valence-corrected chi connectivity index (χ4v) is 1.74. The van der Waals surface area contributed by atoms with Crippen molar-refractivity contribution in [3.63, 3.8) is 0 Å². The second kappa shape index (κ2) is 3.38. The highest BCUT2D eigenvalue weighted by Gasteiger charge is 2.24. The summed E-state index contributed by atoms with van der Waals surface area (Å²) in [5.41, 5.74) is -0.295. The topological polar surface area (TPSA) is 20.2 Å². The van der Waals surface area contributed by atoms with E-state index in [4.69, 9.17) is 0 Å². The van der Waals surface area contributed by atoms with Crippen molar-refractivity contribution in [1.82, 2.24) is 0 Å². The molecule has 0 heterocycles. The van der Waals surface area contributed by atoms with Crippen LogP contribution in [0.25, 0.3) is 0 Å². The van der Waals surface area contributed by atoms with Gasteiger partial charge in [-0.1, -0.05) is 32.6 Å². The van der Waals surface area contributed by atoms with E-state index < -0.39 is 0 Å². The zero-order valence-electron chi connectivity index (χ0n) is 6.90. The summed E-state index contributed by atoms with van der Waals surface area (Å²) < 4.78 is 0. The highest BCUT2D eigenvalue weighted by Crippen LogP contribution is 2.29. The van der Waals surface area contributed by atoms with E-state index in [2.05, 4.69) is 6.92 Å². The fraction of sp³-hybridized carbons (Fsp3) is 1.00. The summed E-state index contributed by atoms with van der Waals surface area (Å²) in [4.78, 5) is 0. The smallest absolute Gasteiger partial charge is 0.0645 e. The van der Waals surface area contributed by atoms with Crippen molar-refractivity contribution in [2.45, 2.75) is 57.5 Å². The maximum atomic E-state index is 9.86. The third-order valence-corrected chi connectivity index (χ3v) is 2.69. The number of hydrogen-bond acceptors (Lipinski definition) is 1. The monoisotopic (exact) mass is 142 g/mol. The second-order valence-electron chi connectivity index (χ2n) is 3.49. The van der Waals surface area contributed by atoms with Crippen molar-refractivity contribution >= 4 is 0 Å². The first-order valence-corrected chi connectivity index (χ1v) is 4.49. The van der Waals surface area contributed by atoms with E-state index in [1.807, 2.05) is 0 Å². The lowest BCUT2D eigenvalue weighted by Crippen LogP contribution is -2.25. The van der Waals surface area contributed by atoms with Crippen LogP contribution in [-0.2, 0) is 0 Å². The predicted molar refractivity (Wildman–Crippen MR) is 42.9 cm³/mol. The van der Waals surface area contributed by atoms with Crippen LogP contribution in [0.3, 0.4) is 0 Å². The van der Waals surface area contributed by atoms with E-state index in [0.717, 1.165) is 19.3 Å². The minimum atomic E-state index is -0.295.